The first-order valence-electron chi connectivity index (χ1n) is 8.89. The first kappa shape index (κ1) is 15.9. The number of nitrogens with zero attached hydrogens (tertiary/aromatic N) is 2. The van der Waals surface area contributed by atoms with Crippen molar-refractivity contribution in [2.45, 2.75) is 32.0 Å². The molecule has 0 saturated carbocycles. The summed E-state index contributed by atoms with van der Waals surface area (Å²) in [6, 6.07) is 19.1. The number of ether oxygens (including phenoxy) is 1. The van der Waals surface area contributed by atoms with Crippen LogP contribution in [0, 0.1) is 0 Å². The molecule has 1 N–H and O–H groups in total. The van der Waals surface area contributed by atoms with Gasteiger partial charge in [0.1, 0.15) is 11.6 Å². The second kappa shape index (κ2) is 7.53. The Hall–Kier alpha value is -2.59. The molecule has 0 saturated heterocycles. The molecule has 1 aromatic heterocycles. The molecule has 0 amide bonds. The van der Waals surface area contributed by atoms with Crippen molar-refractivity contribution in [3.63, 3.8) is 0 Å². The maximum absolute atomic E-state index is 5.86. The molecule has 2 heterocycles. The van der Waals surface area contributed by atoms with Crippen LogP contribution >= 0.6 is 0 Å². The topological polar surface area (TPSA) is 39.1 Å². The first-order valence-corrected chi connectivity index (χ1v) is 8.89. The maximum atomic E-state index is 5.86. The Kier molecular flexibility index (Phi) is 4.79. The molecule has 1 aliphatic heterocycles. The average Bonchev–Trinajstić information content (AvgIpc) is 2.98. The van der Waals surface area contributed by atoms with Gasteiger partial charge in [0, 0.05) is 30.5 Å². The summed E-state index contributed by atoms with van der Waals surface area (Å²) in [5.74, 6) is 2.07. The molecule has 0 aliphatic carbocycles. The molecule has 0 spiro atoms. The second-order valence-electron chi connectivity index (χ2n) is 6.42. The number of para-hydroxylation sites is 1. The number of rotatable bonds is 5. The van der Waals surface area contributed by atoms with Crippen LogP contribution in [-0.2, 0) is 13.1 Å². The highest BCUT2D eigenvalue weighted by Gasteiger charge is 2.19. The molecule has 2 aromatic carbocycles. The Labute approximate surface area is 148 Å². The van der Waals surface area contributed by atoms with Gasteiger partial charge in [-0.05, 0) is 24.5 Å². The van der Waals surface area contributed by atoms with Crippen molar-refractivity contribution in [1.82, 2.24) is 14.9 Å². The SMILES string of the molecule is c1ccc(Cn2ccnc2CN[C@H]2CCCOc3ccccc32)cc1. The van der Waals surface area contributed by atoms with Gasteiger partial charge in [0.25, 0.3) is 0 Å². The van der Waals surface area contributed by atoms with Crippen LogP contribution in [0.2, 0.25) is 0 Å². The van der Waals surface area contributed by atoms with E-state index in [2.05, 4.69) is 57.3 Å². The highest BCUT2D eigenvalue weighted by Crippen LogP contribution is 2.31. The summed E-state index contributed by atoms with van der Waals surface area (Å²) in [6.07, 6.45) is 6.07. The van der Waals surface area contributed by atoms with Crippen LogP contribution < -0.4 is 10.1 Å². The van der Waals surface area contributed by atoms with Crippen LogP contribution in [0.15, 0.2) is 67.0 Å². The molecule has 1 atom stereocenters. The number of imidazole rings is 1. The predicted octanol–water partition coefficient (Wildman–Crippen LogP) is 3.93. The molecule has 4 nitrogen and oxygen atoms in total. The minimum atomic E-state index is 0.306. The Morgan fingerprint density at radius 1 is 1.08 bits per heavy atom. The number of hydrogen-bond donors (Lipinski definition) is 1. The van der Waals surface area contributed by atoms with Crippen molar-refractivity contribution in [3.05, 3.63) is 83.9 Å². The molecule has 128 valence electrons. The standard InChI is InChI=1S/C21H23N3O/c1-2-7-17(8-3-1)16-24-13-12-22-21(24)15-23-19-10-6-14-25-20-11-5-4-9-18(19)20/h1-5,7-9,11-13,19,23H,6,10,14-16H2/t19-/m0/s1. The minimum absolute atomic E-state index is 0.306. The number of aromatic nitrogens is 2. The molecule has 0 unspecified atom stereocenters. The van der Waals surface area contributed by atoms with Gasteiger partial charge in [-0.3, -0.25) is 0 Å². The van der Waals surface area contributed by atoms with Gasteiger partial charge in [-0.15, -0.1) is 0 Å². The van der Waals surface area contributed by atoms with Crippen molar-refractivity contribution in [2.24, 2.45) is 0 Å². The molecule has 3 aromatic rings. The third kappa shape index (κ3) is 3.74. The fourth-order valence-corrected chi connectivity index (χ4v) is 3.38. The summed E-state index contributed by atoms with van der Waals surface area (Å²) in [4.78, 5) is 4.55. The molecular weight excluding hydrogens is 310 g/mol. The number of nitrogens with one attached hydrogen (secondary N) is 1. The Morgan fingerprint density at radius 3 is 2.84 bits per heavy atom. The normalized spacial score (nSPS) is 16.7. The van der Waals surface area contributed by atoms with Crippen LogP contribution in [0.4, 0.5) is 0 Å². The lowest BCUT2D eigenvalue weighted by atomic mass is 10.0. The van der Waals surface area contributed by atoms with Crippen LogP contribution in [-0.4, -0.2) is 16.2 Å². The quantitative estimate of drug-likeness (QED) is 0.769. The molecular formula is C21H23N3O. The van der Waals surface area contributed by atoms with Crippen LogP contribution in [0.25, 0.3) is 0 Å². The number of fused-ring (bicyclic) bond motifs is 1. The van der Waals surface area contributed by atoms with E-state index in [-0.39, 0.29) is 0 Å². The van der Waals surface area contributed by atoms with Gasteiger partial charge in [0.15, 0.2) is 0 Å². The van der Waals surface area contributed by atoms with E-state index in [1.807, 2.05) is 24.5 Å². The molecule has 25 heavy (non-hydrogen) atoms. The van der Waals surface area contributed by atoms with E-state index in [1.165, 1.54) is 11.1 Å². The lowest BCUT2D eigenvalue weighted by Gasteiger charge is -2.18. The van der Waals surface area contributed by atoms with Gasteiger partial charge >= 0.3 is 0 Å². The van der Waals surface area contributed by atoms with Gasteiger partial charge in [-0.2, -0.15) is 0 Å². The number of hydrogen-bond acceptors (Lipinski definition) is 3. The Morgan fingerprint density at radius 2 is 1.92 bits per heavy atom. The summed E-state index contributed by atoms with van der Waals surface area (Å²) >= 11 is 0. The van der Waals surface area contributed by atoms with E-state index in [0.717, 1.165) is 44.1 Å². The van der Waals surface area contributed by atoms with E-state index in [9.17, 15) is 0 Å². The molecule has 0 bridgehead atoms. The van der Waals surface area contributed by atoms with E-state index >= 15 is 0 Å². The Balaban J connectivity index is 1.46. The van der Waals surface area contributed by atoms with Gasteiger partial charge in [0.2, 0.25) is 0 Å². The van der Waals surface area contributed by atoms with Gasteiger partial charge < -0.3 is 14.6 Å². The molecule has 1 aliphatic rings. The summed E-state index contributed by atoms with van der Waals surface area (Å²) in [5, 5.41) is 3.68. The zero-order chi connectivity index (χ0) is 16.9. The smallest absolute Gasteiger partial charge is 0.124 e. The summed E-state index contributed by atoms with van der Waals surface area (Å²) in [6.45, 7) is 2.39. The monoisotopic (exact) mass is 333 g/mol. The third-order valence-electron chi connectivity index (χ3n) is 4.69. The van der Waals surface area contributed by atoms with E-state index in [0.29, 0.717) is 6.04 Å². The largest absolute Gasteiger partial charge is 0.493 e. The zero-order valence-electron chi connectivity index (χ0n) is 14.3. The van der Waals surface area contributed by atoms with Crippen molar-refractivity contribution in [3.8, 4) is 5.75 Å². The van der Waals surface area contributed by atoms with Crippen molar-refractivity contribution in [2.75, 3.05) is 6.61 Å². The van der Waals surface area contributed by atoms with Gasteiger partial charge in [0.05, 0.1) is 13.2 Å². The zero-order valence-corrected chi connectivity index (χ0v) is 14.3. The summed E-state index contributed by atoms with van der Waals surface area (Å²) in [5.41, 5.74) is 2.54. The number of benzene rings is 2. The minimum Gasteiger partial charge on any atom is -0.493 e. The van der Waals surface area contributed by atoms with Gasteiger partial charge in [-0.1, -0.05) is 48.5 Å². The molecule has 0 radical (unpaired) electrons. The fourth-order valence-electron chi connectivity index (χ4n) is 3.38. The predicted molar refractivity (Wildman–Crippen MR) is 98.5 cm³/mol. The average molecular weight is 333 g/mol. The molecule has 0 fully saturated rings. The first-order chi connectivity index (χ1) is 12.4. The van der Waals surface area contributed by atoms with Crippen LogP contribution in [0.1, 0.15) is 35.8 Å². The third-order valence-corrected chi connectivity index (χ3v) is 4.69. The Bertz CT molecular complexity index is 813. The fraction of sp³-hybridized carbons (Fsp3) is 0.286. The van der Waals surface area contributed by atoms with E-state index in [1.54, 1.807) is 0 Å². The van der Waals surface area contributed by atoms with Crippen molar-refractivity contribution in [1.29, 1.82) is 0 Å². The van der Waals surface area contributed by atoms with Crippen molar-refractivity contribution < 1.29 is 4.74 Å². The molecule has 4 rings (SSSR count). The van der Waals surface area contributed by atoms with Crippen LogP contribution in [0.3, 0.4) is 0 Å². The highest BCUT2D eigenvalue weighted by atomic mass is 16.5. The van der Waals surface area contributed by atoms with Crippen molar-refractivity contribution >= 4 is 0 Å². The second-order valence-corrected chi connectivity index (χ2v) is 6.42. The maximum Gasteiger partial charge on any atom is 0.124 e. The van der Waals surface area contributed by atoms with E-state index in [4.69, 9.17) is 4.74 Å². The lowest BCUT2D eigenvalue weighted by Crippen LogP contribution is -2.23. The van der Waals surface area contributed by atoms with Gasteiger partial charge in [-0.25, -0.2) is 4.98 Å². The highest BCUT2D eigenvalue weighted by molar-refractivity contribution is 5.36. The molecule has 4 heteroatoms. The van der Waals surface area contributed by atoms with E-state index < -0.39 is 0 Å². The summed E-state index contributed by atoms with van der Waals surface area (Å²) in [7, 11) is 0. The summed E-state index contributed by atoms with van der Waals surface area (Å²) < 4.78 is 8.07. The van der Waals surface area contributed by atoms with Crippen LogP contribution in [0.5, 0.6) is 5.75 Å². The lowest BCUT2D eigenvalue weighted by molar-refractivity contribution is 0.315.